The van der Waals surface area contributed by atoms with E-state index < -0.39 is 11.6 Å². The Morgan fingerprint density at radius 1 is 1.29 bits per heavy atom. The molecule has 1 unspecified atom stereocenters. The lowest BCUT2D eigenvalue weighted by Crippen LogP contribution is -2.47. The molecular formula is C15H23F2N3O. The van der Waals surface area contributed by atoms with E-state index in [1.54, 1.807) is 6.07 Å². The molecule has 1 aromatic rings. The van der Waals surface area contributed by atoms with Crippen molar-refractivity contribution in [3.8, 4) is 0 Å². The summed E-state index contributed by atoms with van der Waals surface area (Å²) in [4.78, 5) is 4.28. The Balaban J connectivity index is 2.15. The first-order valence-electron chi connectivity index (χ1n) is 7.31. The summed E-state index contributed by atoms with van der Waals surface area (Å²) >= 11 is 0. The van der Waals surface area contributed by atoms with E-state index in [0.29, 0.717) is 6.54 Å². The molecule has 1 heterocycles. The van der Waals surface area contributed by atoms with Crippen LogP contribution in [-0.4, -0.2) is 67.8 Å². The largest absolute Gasteiger partial charge is 0.395 e. The Bertz CT molecular complexity index is 453. The third kappa shape index (κ3) is 4.44. The normalized spacial score (nSPS) is 18.1. The van der Waals surface area contributed by atoms with Crippen molar-refractivity contribution in [2.75, 3.05) is 52.9 Å². The highest BCUT2D eigenvalue weighted by Gasteiger charge is 2.22. The van der Waals surface area contributed by atoms with E-state index in [0.717, 1.165) is 38.3 Å². The number of benzene rings is 1. The van der Waals surface area contributed by atoms with Crippen LogP contribution in [0.5, 0.6) is 0 Å². The topological polar surface area (TPSA) is 38.7 Å². The van der Waals surface area contributed by atoms with Crippen LogP contribution in [0.1, 0.15) is 11.6 Å². The van der Waals surface area contributed by atoms with Gasteiger partial charge in [-0.25, -0.2) is 8.78 Å². The average Bonchev–Trinajstić information content (AvgIpc) is 2.49. The van der Waals surface area contributed by atoms with Gasteiger partial charge in [-0.05, 0) is 24.7 Å². The summed E-state index contributed by atoms with van der Waals surface area (Å²) in [6.45, 7) is 5.03. The molecule has 0 bridgehead atoms. The summed E-state index contributed by atoms with van der Waals surface area (Å²) in [5.74, 6) is -1.65. The smallest absolute Gasteiger partial charge is 0.159 e. The molecule has 1 aromatic carbocycles. The van der Waals surface area contributed by atoms with Crippen molar-refractivity contribution < 1.29 is 13.9 Å². The third-order valence-electron chi connectivity index (χ3n) is 3.95. The number of hydrogen-bond donors (Lipinski definition) is 2. The van der Waals surface area contributed by atoms with Gasteiger partial charge in [-0.2, -0.15) is 0 Å². The minimum atomic E-state index is -0.829. The SMILES string of the molecule is CN(CCO)C(CN1CCNCC1)c1ccc(F)c(F)c1. The number of aliphatic hydroxyl groups is 1. The lowest BCUT2D eigenvalue weighted by atomic mass is 10.0. The van der Waals surface area contributed by atoms with Gasteiger partial charge in [-0.3, -0.25) is 9.80 Å². The van der Waals surface area contributed by atoms with Crippen molar-refractivity contribution in [1.82, 2.24) is 15.1 Å². The van der Waals surface area contributed by atoms with E-state index in [4.69, 9.17) is 5.11 Å². The first kappa shape index (κ1) is 16.3. The Morgan fingerprint density at radius 3 is 2.62 bits per heavy atom. The zero-order valence-corrected chi connectivity index (χ0v) is 12.4. The van der Waals surface area contributed by atoms with Gasteiger partial charge in [-0.1, -0.05) is 6.07 Å². The number of piperazine rings is 1. The molecule has 0 spiro atoms. The maximum Gasteiger partial charge on any atom is 0.159 e. The number of likely N-dealkylation sites (N-methyl/N-ethyl adjacent to an activating group) is 1. The lowest BCUT2D eigenvalue weighted by molar-refractivity contribution is 0.129. The molecule has 2 rings (SSSR count). The first-order valence-corrected chi connectivity index (χ1v) is 7.31. The van der Waals surface area contributed by atoms with E-state index in [1.807, 2.05) is 11.9 Å². The zero-order valence-electron chi connectivity index (χ0n) is 12.4. The summed E-state index contributed by atoms with van der Waals surface area (Å²) in [5, 5.41) is 12.4. The first-order chi connectivity index (χ1) is 10.1. The van der Waals surface area contributed by atoms with Crippen molar-refractivity contribution in [3.05, 3.63) is 35.4 Å². The van der Waals surface area contributed by atoms with Crippen LogP contribution in [0.4, 0.5) is 8.78 Å². The molecule has 0 amide bonds. The minimum Gasteiger partial charge on any atom is -0.395 e. The lowest BCUT2D eigenvalue weighted by Gasteiger charge is -2.35. The van der Waals surface area contributed by atoms with Gasteiger partial charge >= 0.3 is 0 Å². The molecule has 1 aliphatic rings. The molecule has 4 nitrogen and oxygen atoms in total. The highest BCUT2D eigenvalue weighted by molar-refractivity contribution is 5.22. The van der Waals surface area contributed by atoms with Gasteiger partial charge < -0.3 is 10.4 Å². The van der Waals surface area contributed by atoms with E-state index in [1.165, 1.54) is 12.1 Å². The van der Waals surface area contributed by atoms with Crippen molar-refractivity contribution in [2.45, 2.75) is 6.04 Å². The van der Waals surface area contributed by atoms with Crippen molar-refractivity contribution in [3.63, 3.8) is 0 Å². The number of halogens is 2. The van der Waals surface area contributed by atoms with Gasteiger partial charge in [0.2, 0.25) is 0 Å². The molecule has 118 valence electrons. The van der Waals surface area contributed by atoms with E-state index in [9.17, 15) is 8.78 Å². The second kappa shape index (κ2) is 7.79. The molecule has 0 radical (unpaired) electrons. The predicted octanol–water partition coefficient (Wildman–Crippen LogP) is 0.835. The fourth-order valence-corrected chi connectivity index (χ4v) is 2.67. The van der Waals surface area contributed by atoms with E-state index in [2.05, 4.69) is 10.2 Å². The van der Waals surface area contributed by atoms with Crippen LogP contribution < -0.4 is 5.32 Å². The van der Waals surface area contributed by atoms with Crippen LogP contribution in [0.3, 0.4) is 0 Å². The van der Waals surface area contributed by atoms with Crippen LogP contribution >= 0.6 is 0 Å². The second-order valence-electron chi connectivity index (χ2n) is 5.44. The van der Waals surface area contributed by atoms with Crippen LogP contribution in [0.2, 0.25) is 0 Å². The van der Waals surface area contributed by atoms with Gasteiger partial charge in [-0.15, -0.1) is 0 Å². The summed E-state index contributed by atoms with van der Waals surface area (Å²) < 4.78 is 26.6. The highest BCUT2D eigenvalue weighted by atomic mass is 19.2. The number of rotatable bonds is 6. The maximum atomic E-state index is 13.5. The highest BCUT2D eigenvalue weighted by Crippen LogP contribution is 2.22. The molecule has 1 saturated heterocycles. The number of nitrogens with one attached hydrogen (secondary N) is 1. The maximum absolute atomic E-state index is 13.5. The molecule has 0 aliphatic carbocycles. The van der Waals surface area contributed by atoms with E-state index >= 15 is 0 Å². The second-order valence-corrected chi connectivity index (χ2v) is 5.44. The molecular weight excluding hydrogens is 276 g/mol. The van der Waals surface area contributed by atoms with Gasteiger partial charge in [0.25, 0.3) is 0 Å². The molecule has 0 aromatic heterocycles. The predicted molar refractivity (Wildman–Crippen MR) is 78.1 cm³/mol. The van der Waals surface area contributed by atoms with Gasteiger partial charge in [0.1, 0.15) is 0 Å². The molecule has 2 N–H and O–H groups in total. The quantitative estimate of drug-likeness (QED) is 0.816. The summed E-state index contributed by atoms with van der Waals surface area (Å²) in [5.41, 5.74) is 0.739. The number of aliphatic hydroxyl groups excluding tert-OH is 1. The summed E-state index contributed by atoms with van der Waals surface area (Å²) in [6.07, 6.45) is 0. The molecule has 21 heavy (non-hydrogen) atoms. The van der Waals surface area contributed by atoms with Crippen molar-refractivity contribution in [1.29, 1.82) is 0 Å². The standard InChI is InChI=1S/C15H23F2N3O/c1-19(8-9-21)15(11-20-6-4-18-5-7-20)12-2-3-13(16)14(17)10-12/h2-3,10,15,18,21H,4-9,11H2,1H3. The number of nitrogens with zero attached hydrogens (tertiary/aromatic N) is 2. The third-order valence-corrected chi connectivity index (χ3v) is 3.95. The fraction of sp³-hybridized carbons (Fsp3) is 0.600. The van der Waals surface area contributed by atoms with Gasteiger partial charge in [0.05, 0.1) is 6.61 Å². The van der Waals surface area contributed by atoms with Gasteiger partial charge in [0, 0.05) is 45.3 Å². The van der Waals surface area contributed by atoms with Crippen LogP contribution in [0.25, 0.3) is 0 Å². The van der Waals surface area contributed by atoms with Crippen molar-refractivity contribution >= 4 is 0 Å². The summed E-state index contributed by atoms with van der Waals surface area (Å²) in [6, 6.07) is 3.99. The zero-order chi connectivity index (χ0) is 15.2. The minimum absolute atomic E-state index is 0.0399. The van der Waals surface area contributed by atoms with E-state index in [-0.39, 0.29) is 12.6 Å². The molecule has 6 heteroatoms. The fourth-order valence-electron chi connectivity index (χ4n) is 2.67. The molecule has 1 aliphatic heterocycles. The Kier molecular flexibility index (Phi) is 6.05. The Labute approximate surface area is 124 Å². The Hall–Kier alpha value is -1.08. The van der Waals surface area contributed by atoms with Crippen LogP contribution in [0, 0.1) is 11.6 Å². The Morgan fingerprint density at radius 2 is 2.00 bits per heavy atom. The molecule has 1 fully saturated rings. The monoisotopic (exact) mass is 299 g/mol. The summed E-state index contributed by atoms with van der Waals surface area (Å²) in [7, 11) is 1.89. The number of hydrogen-bond acceptors (Lipinski definition) is 4. The molecule has 0 saturated carbocycles. The average molecular weight is 299 g/mol. The van der Waals surface area contributed by atoms with Crippen LogP contribution in [0.15, 0.2) is 18.2 Å². The van der Waals surface area contributed by atoms with Crippen LogP contribution in [-0.2, 0) is 0 Å². The molecule has 1 atom stereocenters. The van der Waals surface area contributed by atoms with Gasteiger partial charge in [0.15, 0.2) is 11.6 Å². The van der Waals surface area contributed by atoms with Crippen molar-refractivity contribution in [2.24, 2.45) is 0 Å².